The molecule has 0 spiro atoms. The molecule has 17 heavy (non-hydrogen) atoms. The highest BCUT2D eigenvalue weighted by Gasteiger charge is 2.23. The maximum atomic E-state index is 2.62. The van der Waals surface area contributed by atoms with Crippen molar-refractivity contribution >= 4 is 10.9 Å². The number of nitrogens with zero attached hydrogens (tertiary/aromatic N) is 1. The van der Waals surface area contributed by atoms with Crippen LogP contribution in [-0.4, -0.2) is 4.57 Å². The molecule has 1 heteroatoms. The van der Waals surface area contributed by atoms with Gasteiger partial charge in [0.1, 0.15) is 0 Å². The molecule has 0 fully saturated rings. The first kappa shape index (κ1) is 10.9. The summed E-state index contributed by atoms with van der Waals surface area (Å²) in [6.07, 6.45) is 4.84. The second kappa shape index (κ2) is 3.90. The van der Waals surface area contributed by atoms with Crippen molar-refractivity contribution in [1.29, 1.82) is 0 Å². The van der Waals surface area contributed by atoms with Gasteiger partial charge in [-0.15, -0.1) is 0 Å². The van der Waals surface area contributed by atoms with Crippen molar-refractivity contribution in [2.45, 2.75) is 52.5 Å². The summed E-state index contributed by atoms with van der Waals surface area (Å²) in [7, 11) is 0. The van der Waals surface area contributed by atoms with Crippen LogP contribution in [0, 0.1) is 0 Å². The molecule has 0 saturated carbocycles. The van der Waals surface area contributed by atoms with Gasteiger partial charge in [0.2, 0.25) is 0 Å². The van der Waals surface area contributed by atoms with Crippen LogP contribution in [-0.2, 0) is 19.3 Å². The molecule has 1 aromatic carbocycles. The molecule has 1 unspecified atom stereocenters. The summed E-state index contributed by atoms with van der Waals surface area (Å²) in [5.74, 6) is 0. The average Bonchev–Trinajstić information content (AvgIpc) is 2.69. The van der Waals surface area contributed by atoms with Crippen LogP contribution in [0.15, 0.2) is 18.2 Å². The Labute approximate surface area is 103 Å². The van der Waals surface area contributed by atoms with Crippen LogP contribution in [0.25, 0.3) is 10.9 Å². The van der Waals surface area contributed by atoms with Gasteiger partial charge in [-0.1, -0.05) is 32.0 Å². The molecular weight excluding hydrogens is 206 g/mol. The molecule has 0 radical (unpaired) electrons. The molecule has 0 aliphatic carbocycles. The molecular formula is C16H21N. The number of rotatable bonds is 2. The van der Waals surface area contributed by atoms with Crippen molar-refractivity contribution in [1.82, 2.24) is 4.57 Å². The van der Waals surface area contributed by atoms with Gasteiger partial charge in [-0.2, -0.15) is 0 Å². The normalized spacial score (nSPS) is 18.9. The van der Waals surface area contributed by atoms with E-state index in [1.165, 1.54) is 23.7 Å². The van der Waals surface area contributed by atoms with Crippen molar-refractivity contribution in [2.75, 3.05) is 0 Å². The summed E-state index contributed by atoms with van der Waals surface area (Å²) in [6.45, 7) is 6.94. The quantitative estimate of drug-likeness (QED) is 0.722. The van der Waals surface area contributed by atoms with Gasteiger partial charge >= 0.3 is 0 Å². The summed E-state index contributed by atoms with van der Waals surface area (Å²) in [6, 6.07) is 7.52. The van der Waals surface area contributed by atoms with Crippen molar-refractivity contribution in [2.24, 2.45) is 0 Å². The summed E-state index contributed by atoms with van der Waals surface area (Å²) < 4.78 is 2.62. The van der Waals surface area contributed by atoms with Gasteiger partial charge in [-0.3, -0.25) is 0 Å². The third-order valence-corrected chi connectivity index (χ3v) is 4.29. The predicted octanol–water partition coefficient (Wildman–Crippen LogP) is 4.27. The lowest BCUT2D eigenvalue weighted by molar-refractivity contribution is 0.488. The lowest BCUT2D eigenvalue weighted by atomic mass is 9.99. The van der Waals surface area contributed by atoms with E-state index >= 15 is 0 Å². The van der Waals surface area contributed by atoms with Gasteiger partial charge in [0, 0.05) is 17.1 Å². The third kappa shape index (κ3) is 1.38. The zero-order valence-electron chi connectivity index (χ0n) is 11.1. The van der Waals surface area contributed by atoms with Gasteiger partial charge < -0.3 is 4.57 Å². The summed E-state index contributed by atoms with van der Waals surface area (Å²) in [5.41, 5.74) is 6.23. The second-order valence-corrected chi connectivity index (χ2v) is 5.20. The maximum Gasteiger partial charge on any atom is 0.0520 e. The molecule has 1 aliphatic rings. The van der Waals surface area contributed by atoms with Gasteiger partial charge in [0.05, 0.1) is 5.52 Å². The van der Waals surface area contributed by atoms with Gasteiger partial charge in [-0.25, -0.2) is 0 Å². The molecule has 1 nitrogen and oxygen atoms in total. The molecule has 2 aromatic rings. The van der Waals surface area contributed by atoms with Crippen LogP contribution in [0.2, 0.25) is 0 Å². The minimum atomic E-state index is 0.669. The highest BCUT2D eigenvalue weighted by Crippen LogP contribution is 2.37. The van der Waals surface area contributed by atoms with E-state index in [0.29, 0.717) is 6.04 Å². The zero-order chi connectivity index (χ0) is 12.0. The lowest BCUT2D eigenvalue weighted by Gasteiger charge is -2.24. The Morgan fingerprint density at radius 3 is 2.76 bits per heavy atom. The Hall–Kier alpha value is -1.24. The standard InChI is InChI=1S/C16H21N/c1-4-13-14-8-6-7-12-10-9-11(3)17(16(12)14)15(13)5-2/h6-8,11H,4-5,9-10H2,1-3H3. The number of aromatic nitrogens is 1. The molecule has 90 valence electrons. The predicted molar refractivity (Wildman–Crippen MR) is 73.7 cm³/mol. The van der Waals surface area contributed by atoms with Crippen molar-refractivity contribution in [3.63, 3.8) is 0 Å². The molecule has 1 atom stereocenters. The van der Waals surface area contributed by atoms with Crippen LogP contribution in [0.1, 0.15) is 50.1 Å². The summed E-state index contributed by atoms with van der Waals surface area (Å²) in [5, 5.41) is 1.51. The highest BCUT2D eigenvalue weighted by atomic mass is 15.0. The van der Waals surface area contributed by atoms with E-state index in [2.05, 4.69) is 43.5 Å². The van der Waals surface area contributed by atoms with E-state index in [1.807, 2.05) is 0 Å². The minimum Gasteiger partial charge on any atom is -0.341 e. The van der Waals surface area contributed by atoms with Gasteiger partial charge in [0.15, 0.2) is 0 Å². The van der Waals surface area contributed by atoms with Crippen LogP contribution in [0.5, 0.6) is 0 Å². The van der Waals surface area contributed by atoms with E-state index in [9.17, 15) is 0 Å². The number of aryl methyl sites for hydroxylation is 2. The van der Waals surface area contributed by atoms with E-state index in [0.717, 1.165) is 12.8 Å². The van der Waals surface area contributed by atoms with E-state index in [1.54, 1.807) is 16.8 Å². The number of hydrogen-bond donors (Lipinski definition) is 0. The van der Waals surface area contributed by atoms with Crippen LogP contribution >= 0.6 is 0 Å². The minimum absolute atomic E-state index is 0.669. The first-order chi connectivity index (χ1) is 8.27. The molecule has 0 bridgehead atoms. The van der Waals surface area contributed by atoms with Crippen LogP contribution in [0.3, 0.4) is 0 Å². The average molecular weight is 227 g/mol. The smallest absolute Gasteiger partial charge is 0.0520 e. The van der Waals surface area contributed by atoms with Crippen LogP contribution in [0.4, 0.5) is 0 Å². The fraction of sp³-hybridized carbons (Fsp3) is 0.500. The van der Waals surface area contributed by atoms with Crippen molar-refractivity contribution in [3.05, 3.63) is 35.0 Å². The lowest BCUT2D eigenvalue weighted by Crippen LogP contribution is -2.15. The van der Waals surface area contributed by atoms with Crippen molar-refractivity contribution < 1.29 is 0 Å². The molecule has 3 rings (SSSR count). The van der Waals surface area contributed by atoms with Crippen LogP contribution < -0.4 is 0 Å². The van der Waals surface area contributed by atoms with Crippen molar-refractivity contribution in [3.8, 4) is 0 Å². The SMILES string of the molecule is CCc1c(CC)n2c3c(cccc13)CCC2C. The monoisotopic (exact) mass is 227 g/mol. The first-order valence-corrected chi connectivity index (χ1v) is 6.91. The molecule has 0 N–H and O–H groups in total. The highest BCUT2D eigenvalue weighted by molar-refractivity contribution is 5.89. The summed E-state index contributed by atoms with van der Waals surface area (Å²) in [4.78, 5) is 0. The fourth-order valence-corrected chi connectivity index (χ4v) is 3.52. The molecule has 2 heterocycles. The Morgan fingerprint density at radius 1 is 1.24 bits per heavy atom. The molecule has 1 aromatic heterocycles. The fourth-order valence-electron chi connectivity index (χ4n) is 3.52. The number of para-hydroxylation sites is 1. The third-order valence-electron chi connectivity index (χ3n) is 4.29. The summed E-state index contributed by atoms with van der Waals surface area (Å²) >= 11 is 0. The van der Waals surface area contributed by atoms with Gasteiger partial charge in [0.25, 0.3) is 0 Å². The Kier molecular flexibility index (Phi) is 2.50. The Balaban J connectivity index is 2.46. The molecule has 1 aliphatic heterocycles. The van der Waals surface area contributed by atoms with E-state index in [4.69, 9.17) is 0 Å². The Morgan fingerprint density at radius 2 is 2.06 bits per heavy atom. The van der Waals surface area contributed by atoms with Gasteiger partial charge in [-0.05, 0) is 43.7 Å². The Bertz CT molecular complexity index is 562. The topological polar surface area (TPSA) is 4.93 Å². The first-order valence-electron chi connectivity index (χ1n) is 6.91. The van der Waals surface area contributed by atoms with E-state index in [-0.39, 0.29) is 0 Å². The van der Waals surface area contributed by atoms with E-state index < -0.39 is 0 Å². The molecule has 0 amide bonds. The molecule has 0 saturated heterocycles. The number of hydrogen-bond acceptors (Lipinski definition) is 0. The zero-order valence-corrected chi connectivity index (χ0v) is 11.1. The number of benzene rings is 1. The second-order valence-electron chi connectivity index (χ2n) is 5.20. The maximum absolute atomic E-state index is 2.62. The largest absolute Gasteiger partial charge is 0.341 e.